The first-order valence-corrected chi connectivity index (χ1v) is 6.44. The molecule has 0 spiro atoms. The summed E-state index contributed by atoms with van der Waals surface area (Å²) in [6.07, 6.45) is 2.74. The Morgan fingerprint density at radius 2 is 2.07 bits per heavy atom. The van der Waals surface area contributed by atoms with Crippen LogP contribution in [0.1, 0.15) is 18.5 Å². The summed E-state index contributed by atoms with van der Waals surface area (Å²) in [5.74, 6) is 0. The van der Waals surface area contributed by atoms with Gasteiger partial charge in [0, 0.05) is 0 Å². The van der Waals surface area contributed by atoms with E-state index in [9.17, 15) is 8.42 Å². The number of aromatic nitrogens is 1. The molecular formula is C8H11ClN2O2S. The first-order chi connectivity index (χ1) is 6.34. The third-order valence-corrected chi connectivity index (χ3v) is 3.87. The lowest BCUT2D eigenvalue weighted by Gasteiger charge is -2.12. The fourth-order valence-corrected chi connectivity index (χ4v) is 3.00. The normalized spacial score (nSPS) is 19.6. The number of hydrogen-bond acceptors (Lipinski definition) is 3. The molecule has 78 valence electrons. The molecule has 0 aliphatic heterocycles. The Balaban J connectivity index is 2.64. The minimum Gasteiger partial charge on any atom is -0.320 e. The van der Waals surface area contributed by atoms with Gasteiger partial charge in [-0.2, -0.15) is 0 Å². The van der Waals surface area contributed by atoms with Crippen LogP contribution in [-0.2, 0) is 15.6 Å². The number of nitrogens with zero attached hydrogens (tertiary/aromatic N) is 1. The van der Waals surface area contributed by atoms with E-state index in [0.29, 0.717) is 5.69 Å². The van der Waals surface area contributed by atoms with E-state index >= 15 is 0 Å². The molecule has 14 heavy (non-hydrogen) atoms. The standard InChI is InChI=1S/C8H11ClN2O2S/c1-14(12,13)11-6(2-3-7(11)9)8(10)4-5-8/h2-3H,4-5,10H2,1H3. The van der Waals surface area contributed by atoms with E-state index in [1.165, 1.54) is 0 Å². The van der Waals surface area contributed by atoms with Crippen molar-refractivity contribution in [3.63, 3.8) is 0 Å². The molecule has 1 aliphatic carbocycles. The molecule has 4 nitrogen and oxygen atoms in total. The first-order valence-electron chi connectivity index (χ1n) is 4.22. The van der Waals surface area contributed by atoms with Crippen molar-refractivity contribution in [3.8, 4) is 0 Å². The molecule has 2 rings (SSSR count). The Bertz CT molecular complexity index is 474. The van der Waals surface area contributed by atoms with E-state index in [-0.39, 0.29) is 5.15 Å². The highest BCUT2D eigenvalue weighted by Crippen LogP contribution is 2.44. The van der Waals surface area contributed by atoms with Crippen molar-refractivity contribution in [1.82, 2.24) is 3.97 Å². The van der Waals surface area contributed by atoms with Crippen LogP contribution in [0.4, 0.5) is 0 Å². The summed E-state index contributed by atoms with van der Waals surface area (Å²) < 4.78 is 24.0. The third-order valence-electron chi connectivity index (χ3n) is 2.42. The zero-order valence-electron chi connectivity index (χ0n) is 7.70. The smallest absolute Gasteiger partial charge is 0.237 e. The van der Waals surface area contributed by atoms with E-state index in [4.69, 9.17) is 17.3 Å². The molecular weight excluding hydrogens is 224 g/mol. The lowest BCUT2D eigenvalue weighted by molar-refractivity contribution is 0.585. The average Bonchev–Trinajstić information content (AvgIpc) is 2.60. The van der Waals surface area contributed by atoms with E-state index in [2.05, 4.69) is 0 Å². The highest BCUT2D eigenvalue weighted by atomic mass is 35.5. The minimum atomic E-state index is -3.36. The third kappa shape index (κ3) is 1.45. The van der Waals surface area contributed by atoms with Crippen molar-refractivity contribution >= 4 is 21.6 Å². The lowest BCUT2D eigenvalue weighted by atomic mass is 10.2. The number of halogens is 1. The van der Waals surface area contributed by atoms with Gasteiger partial charge in [0.2, 0.25) is 10.0 Å². The number of nitrogens with two attached hydrogens (primary N) is 1. The molecule has 0 aromatic carbocycles. The zero-order valence-corrected chi connectivity index (χ0v) is 9.27. The molecule has 1 aromatic heterocycles. The van der Waals surface area contributed by atoms with Gasteiger partial charge in [-0.3, -0.25) is 0 Å². The Morgan fingerprint density at radius 3 is 2.50 bits per heavy atom. The second-order valence-corrected chi connectivity index (χ2v) is 5.94. The van der Waals surface area contributed by atoms with Crippen LogP contribution in [0, 0.1) is 0 Å². The molecule has 0 bridgehead atoms. The van der Waals surface area contributed by atoms with Crippen LogP contribution in [0.5, 0.6) is 0 Å². The molecule has 2 N–H and O–H groups in total. The number of rotatable bonds is 2. The van der Waals surface area contributed by atoms with Crippen LogP contribution in [0.25, 0.3) is 0 Å². The second-order valence-electron chi connectivity index (χ2n) is 3.72. The lowest BCUT2D eigenvalue weighted by Crippen LogP contribution is -2.26. The molecule has 1 heterocycles. The molecule has 1 saturated carbocycles. The molecule has 1 aromatic rings. The summed E-state index contributed by atoms with van der Waals surface area (Å²) in [5, 5.41) is 0.194. The summed E-state index contributed by atoms with van der Waals surface area (Å²) in [7, 11) is -3.36. The van der Waals surface area contributed by atoms with Crippen LogP contribution in [0.2, 0.25) is 5.15 Å². The molecule has 0 radical (unpaired) electrons. The molecule has 1 aliphatic rings. The van der Waals surface area contributed by atoms with Gasteiger partial charge >= 0.3 is 0 Å². The van der Waals surface area contributed by atoms with E-state index in [1.807, 2.05) is 0 Å². The van der Waals surface area contributed by atoms with Crippen molar-refractivity contribution in [2.45, 2.75) is 18.4 Å². The Kier molecular flexibility index (Phi) is 1.96. The van der Waals surface area contributed by atoms with Crippen LogP contribution < -0.4 is 5.73 Å². The van der Waals surface area contributed by atoms with Crippen LogP contribution >= 0.6 is 11.6 Å². The largest absolute Gasteiger partial charge is 0.320 e. The van der Waals surface area contributed by atoms with Gasteiger partial charge < -0.3 is 5.73 Å². The molecule has 0 saturated heterocycles. The van der Waals surface area contributed by atoms with E-state index in [0.717, 1.165) is 23.1 Å². The summed E-state index contributed by atoms with van der Waals surface area (Å²) in [6, 6.07) is 3.24. The highest BCUT2D eigenvalue weighted by molar-refractivity contribution is 7.89. The Morgan fingerprint density at radius 1 is 1.50 bits per heavy atom. The highest BCUT2D eigenvalue weighted by Gasteiger charge is 2.44. The van der Waals surface area contributed by atoms with Gasteiger partial charge in [0.15, 0.2) is 0 Å². The minimum absolute atomic E-state index is 0.194. The van der Waals surface area contributed by atoms with Crippen molar-refractivity contribution in [1.29, 1.82) is 0 Å². The Hall–Kier alpha value is -0.520. The van der Waals surface area contributed by atoms with Gasteiger partial charge in [-0.1, -0.05) is 11.6 Å². The Labute approximate surface area is 87.7 Å². The fourth-order valence-electron chi connectivity index (χ4n) is 1.49. The van der Waals surface area contributed by atoms with E-state index < -0.39 is 15.6 Å². The summed E-state index contributed by atoms with van der Waals surface area (Å²) in [6.45, 7) is 0. The summed E-state index contributed by atoms with van der Waals surface area (Å²) in [4.78, 5) is 0. The maximum atomic E-state index is 11.4. The predicted octanol–water partition coefficient (Wildman–Crippen LogP) is 0.897. The molecule has 0 unspecified atom stereocenters. The topological polar surface area (TPSA) is 65.1 Å². The SMILES string of the molecule is CS(=O)(=O)n1c(Cl)ccc1C1(N)CC1. The average molecular weight is 235 g/mol. The first kappa shape index (κ1) is 10.0. The second kappa shape index (κ2) is 2.74. The fraction of sp³-hybridized carbons (Fsp3) is 0.500. The molecule has 0 atom stereocenters. The summed E-state index contributed by atoms with van der Waals surface area (Å²) >= 11 is 5.79. The number of hydrogen-bond donors (Lipinski definition) is 1. The van der Waals surface area contributed by atoms with Gasteiger partial charge in [0.1, 0.15) is 5.15 Å². The van der Waals surface area contributed by atoms with Crippen molar-refractivity contribution in [2.75, 3.05) is 6.26 Å². The van der Waals surface area contributed by atoms with Gasteiger partial charge in [-0.05, 0) is 25.0 Å². The van der Waals surface area contributed by atoms with Gasteiger partial charge in [0.25, 0.3) is 0 Å². The predicted molar refractivity (Wildman–Crippen MR) is 54.8 cm³/mol. The molecule has 6 heteroatoms. The van der Waals surface area contributed by atoms with Gasteiger partial charge in [0.05, 0.1) is 17.5 Å². The summed E-state index contributed by atoms with van der Waals surface area (Å²) in [5.41, 5.74) is 6.03. The van der Waals surface area contributed by atoms with Crippen LogP contribution in [-0.4, -0.2) is 18.6 Å². The van der Waals surface area contributed by atoms with Gasteiger partial charge in [-0.15, -0.1) is 0 Å². The quantitative estimate of drug-likeness (QED) is 0.827. The maximum absolute atomic E-state index is 11.4. The van der Waals surface area contributed by atoms with Crippen molar-refractivity contribution in [2.24, 2.45) is 5.73 Å². The van der Waals surface area contributed by atoms with E-state index in [1.54, 1.807) is 12.1 Å². The van der Waals surface area contributed by atoms with Gasteiger partial charge in [-0.25, -0.2) is 12.4 Å². The maximum Gasteiger partial charge on any atom is 0.237 e. The van der Waals surface area contributed by atoms with Crippen LogP contribution in [0.3, 0.4) is 0 Å². The molecule has 1 fully saturated rings. The zero-order chi connectivity index (χ0) is 10.6. The molecule has 0 amide bonds. The van der Waals surface area contributed by atoms with Crippen LogP contribution in [0.15, 0.2) is 12.1 Å². The monoisotopic (exact) mass is 234 g/mol. The van der Waals surface area contributed by atoms with Crippen molar-refractivity contribution in [3.05, 3.63) is 23.0 Å². The van der Waals surface area contributed by atoms with Crippen molar-refractivity contribution < 1.29 is 8.42 Å².